The van der Waals surface area contributed by atoms with E-state index in [0.717, 1.165) is 44.9 Å². The lowest BCUT2D eigenvalue weighted by molar-refractivity contribution is -0.379. The fraction of sp³-hybridized carbons (Fsp3) is 0.983. The van der Waals surface area contributed by atoms with Crippen LogP contribution in [0.2, 0.25) is 0 Å². The highest BCUT2D eigenvalue weighted by molar-refractivity contribution is 5.76. The Morgan fingerprint density at radius 1 is 0.410 bits per heavy atom. The third kappa shape index (κ3) is 27.0. The summed E-state index contributed by atoms with van der Waals surface area (Å²) < 4.78 is 34.3. The van der Waals surface area contributed by atoms with Crippen molar-refractivity contribution in [3.05, 3.63) is 0 Å². The zero-order chi connectivity index (χ0) is 56.9. The van der Waals surface area contributed by atoms with Crippen LogP contribution in [0, 0.1) is 0 Å². The summed E-state index contributed by atoms with van der Waals surface area (Å²) in [7, 11) is 0. The third-order valence-corrected chi connectivity index (χ3v) is 16.2. The number of rotatable bonds is 47. The van der Waals surface area contributed by atoms with Crippen LogP contribution in [0.4, 0.5) is 0 Å². The van der Waals surface area contributed by atoms with Gasteiger partial charge in [0.15, 0.2) is 18.9 Å². The first-order valence-electron chi connectivity index (χ1n) is 31.3. The number of carbonyl (C=O) groups is 1. The van der Waals surface area contributed by atoms with Gasteiger partial charge < -0.3 is 89.9 Å². The van der Waals surface area contributed by atoms with Crippen LogP contribution in [0.3, 0.4) is 0 Å². The molecule has 3 rings (SSSR count). The number of hydrogen-bond donors (Lipinski definition) is 12. The standard InChI is InChI=1S/C59H113NO18/c1-3-5-7-9-11-13-15-16-17-18-19-20-21-22-23-24-25-27-29-31-33-35-37-47(65)60-42(43(64)36-34-32-30-28-26-14-12-10-8-6-4-2)41-73-57-53(71)50(68)55(45(39-62)75-57)78-59-54(72)51(69)56(46(40-63)76-59)77-58-52(70)49(67)48(66)44(38-61)74-58/h42-46,48-59,61-64,66-72H,3-41H2,1-2H3,(H,60,65). The van der Waals surface area contributed by atoms with Crippen molar-refractivity contribution in [2.45, 2.75) is 343 Å². The van der Waals surface area contributed by atoms with Crippen molar-refractivity contribution in [1.82, 2.24) is 5.32 Å². The van der Waals surface area contributed by atoms with Crippen LogP contribution in [-0.4, -0.2) is 193 Å². The zero-order valence-electron chi connectivity index (χ0n) is 48.2. The average Bonchev–Trinajstić information content (AvgIpc) is 3.48. The summed E-state index contributed by atoms with van der Waals surface area (Å²) >= 11 is 0. The minimum absolute atomic E-state index is 0.239. The summed E-state index contributed by atoms with van der Waals surface area (Å²) in [5.41, 5.74) is 0. The molecule has 0 saturated carbocycles. The number of unbranched alkanes of at least 4 members (excludes halogenated alkanes) is 31. The highest BCUT2D eigenvalue weighted by Gasteiger charge is 2.53. The van der Waals surface area contributed by atoms with Gasteiger partial charge in [-0.15, -0.1) is 0 Å². The van der Waals surface area contributed by atoms with E-state index < -0.39 is 124 Å². The molecule has 1 amide bonds. The summed E-state index contributed by atoms with van der Waals surface area (Å²) in [5, 5.41) is 120. The number of amides is 1. The predicted molar refractivity (Wildman–Crippen MR) is 296 cm³/mol. The summed E-state index contributed by atoms with van der Waals surface area (Å²) in [6.45, 7) is 1.80. The predicted octanol–water partition coefficient (Wildman–Crippen LogP) is 5.99. The molecule has 17 atom stereocenters. The maximum absolute atomic E-state index is 13.3. The molecule has 0 aromatic rings. The van der Waals surface area contributed by atoms with E-state index in [4.69, 9.17) is 28.4 Å². The third-order valence-electron chi connectivity index (χ3n) is 16.2. The van der Waals surface area contributed by atoms with Gasteiger partial charge in [0.1, 0.15) is 73.2 Å². The number of carbonyl (C=O) groups excluding carboxylic acids is 1. The molecule has 78 heavy (non-hydrogen) atoms. The van der Waals surface area contributed by atoms with Gasteiger partial charge >= 0.3 is 0 Å². The van der Waals surface area contributed by atoms with Crippen LogP contribution in [0.25, 0.3) is 0 Å². The Morgan fingerprint density at radius 3 is 1.12 bits per heavy atom. The molecule has 0 radical (unpaired) electrons. The van der Waals surface area contributed by atoms with Gasteiger partial charge in [-0.2, -0.15) is 0 Å². The summed E-state index contributed by atoms with van der Waals surface area (Å²) in [6.07, 6.45) is 14.9. The normalized spacial score (nSPS) is 30.4. The lowest BCUT2D eigenvalue weighted by Crippen LogP contribution is -2.66. The molecule has 462 valence electrons. The molecule has 3 saturated heterocycles. The summed E-state index contributed by atoms with van der Waals surface area (Å²) in [4.78, 5) is 13.3. The van der Waals surface area contributed by atoms with Gasteiger partial charge in [-0.1, -0.05) is 219 Å². The van der Waals surface area contributed by atoms with Crippen molar-refractivity contribution in [1.29, 1.82) is 0 Å². The number of ether oxygens (including phenoxy) is 6. The van der Waals surface area contributed by atoms with Gasteiger partial charge in [0.05, 0.1) is 38.6 Å². The number of hydrogen-bond acceptors (Lipinski definition) is 18. The molecule has 19 nitrogen and oxygen atoms in total. The maximum Gasteiger partial charge on any atom is 0.220 e. The highest BCUT2D eigenvalue weighted by Crippen LogP contribution is 2.33. The minimum Gasteiger partial charge on any atom is -0.394 e. The van der Waals surface area contributed by atoms with E-state index in [1.54, 1.807) is 0 Å². The van der Waals surface area contributed by atoms with Crippen molar-refractivity contribution in [2.75, 3.05) is 26.4 Å². The average molecular weight is 1120 g/mol. The van der Waals surface area contributed by atoms with E-state index in [2.05, 4.69) is 19.2 Å². The first kappa shape index (κ1) is 71.1. The van der Waals surface area contributed by atoms with Gasteiger partial charge in [-0.05, 0) is 12.8 Å². The first-order chi connectivity index (χ1) is 37.8. The second kappa shape index (κ2) is 43.4. The van der Waals surface area contributed by atoms with E-state index in [1.165, 1.54) is 161 Å². The highest BCUT2D eigenvalue weighted by atomic mass is 16.8. The fourth-order valence-corrected chi connectivity index (χ4v) is 11.0. The molecular weight excluding hydrogens is 1010 g/mol. The molecule has 0 aliphatic carbocycles. The van der Waals surface area contributed by atoms with Gasteiger partial charge in [0.25, 0.3) is 0 Å². The molecule has 17 unspecified atom stereocenters. The van der Waals surface area contributed by atoms with Crippen molar-refractivity contribution in [3.63, 3.8) is 0 Å². The Labute approximate surface area is 468 Å². The first-order valence-corrected chi connectivity index (χ1v) is 31.3. The van der Waals surface area contributed by atoms with Gasteiger partial charge in [0.2, 0.25) is 5.91 Å². The van der Waals surface area contributed by atoms with Crippen LogP contribution in [-0.2, 0) is 33.2 Å². The molecule has 19 heteroatoms. The Hall–Kier alpha value is -1.21. The van der Waals surface area contributed by atoms with Crippen LogP contribution in [0.5, 0.6) is 0 Å². The largest absolute Gasteiger partial charge is 0.394 e. The molecule has 0 aromatic carbocycles. The number of aliphatic hydroxyl groups is 11. The molecule has 0 spiro atoms. The molecule has 12 N–H and O–H groups in total. The lowest BCUT2D eigenvalue weighted by Gasteiger charge is -2.48. The minimum atomic E-state index is -1.97. The monoisotopic (exact) mass is 1120 g/mol. The van der Waals surface area contributed by atoms with E-state index in [-0.39, 0.29) is 18.9 Å². The van der Waals surface area contributed by atoms with Crippen LogP contribution < -0.4 is 5.32 Å². The Morgan fingerprint density at radius 2 is 0.731 bits per heavy atom. The number of aliphatic hydroxyl groups excluding tert-OH is 11. The summed E-state index contributed by atoms with van der Waals surface area (Å²) in [5.74, 6) is -0.239. The second-order valence-corrected chi connectivity index (χ2v) is 22.9. The van der Waals surface area contributed by atoms with Crippen LogP contribution in [0.1, 0.15) is 239 Å². The van der Waals surface area contributed by atoms with Crippen molar-refractivity contribution >= 4 is 5.91 Å². The molecule has 3 aliphatic rings. The van der Waals surface area contributed by atoms with Crippen molar-refractivity contribution in [2.24, 2.45) is 0 Å². The Kier molecular flexibility index (Phi) is 39.6. The quantitative estimate of drug-likeness (QED) is 0.0312. The van der Waals surface area contributed by atoms with E-state index in [1.807, 2.05) is 0 Å². The van der Waals surface area contributed by atoms with E-state index >= 15 is 0 Å². The summed E-state index contributed by atoms with van der Waals surface area (Å²) in [6, 6.07) is -0.879. The zero-order valence-corrected chi connectivity index (χ0v) is 48.2. The molecule has 0 bridgehead atoms. The molecule has 3 fully saturated rings. The second-order valence-electron chi connectivity index (χ2n) is 22.9. The molecular formula is C59H113NO18. The van der Waals surface area contributed by atoms with Gasteiger partial charge in [-0.3, -0.25) is 4.79 Å². The number of nitrogens with one attached hydrogen (secondary N) is 1. The Bertz CT molecular complexity index is 1440. The lowest BCUT2D eigenvalue weighted by atomic mass is 9.96. The van der Waals surface area contributed by atoms with E-state index in [0.29, 0.717) is 12.8 Å². The van der Waals surface area contributed by atoms with Crippen LogP contribution in [0.15, 0.2) is 0 Å². The van der Waals surface area contributed by atoms with E-state index in [9.17, 15) is 61.0 Å². The molecule has 0 aromatic heterocycles. The van der Waals surface area contributed by atoms with Crippen molar-refractivity contribution < 1.29 is 89.4 Å². The van der Waals surface area contributed by atoms with Gasteiger partial charge in [-0.25, -0.2) is 0 Å². The fourth-order valence-electron chi connectivity index (χ4n) is 11.0. The van der Waals surface area contributed by atoms with Crippen molar-refractivity contribution in [3.8, 4) is 0 Å². The topological polar surface area (TPSA) is 307 Å². The van der Waals surface area contributed by atoms with Crippen LogP contribution >= 0.6 is 0 Å². The molecule has 3 heterocycles. The SMILES string of the molecule is CCCCCCCCCCCCCCCCCCCCCCCCC(=O)NC(COC1OC(CO)C(OC2OC(CO)C(OC3OC(CO)C(O)C(O)C3O)C(O)C2O)C(O)C1O)C(O)CCCCCCCCCCCCC. The van der Waals surface area contributed by atoms with Gasteiger partial charge in [0, 0.05) is 6.42 Å². The molecule has 3 aliphatic heterocycles. The maximum atomic E-state index is 13.3. The Balaban J connectivity index is 1.44. The smallest absolute Gasteiger partial charge is 0.220 e.